The van der Waals surface area contributed by atoms with Gasteiger partial charge in [0.2, 0.25) is 0 Å². The quantitative estimate of drug-likeness (QED) is 0.803. The zero-order chi connectivity index (χ0) is 12.3. The second kappa shape index (κ2) is 6.17. The Hall–Kier alpha value is -0.120. The van der Waals surface area contributed by atoms with Crippen LogP contribution in [0.25, 0.3) is 0 Å². The predicted octanol–water partition coefficient (Wildman–Crippen LogP) is 1.54. The van der Waals surface area contributed by atoms with Gasteiger partial charge in [0, 0.05) is 37.8 Å². The first-order valence-electron chi connectivity index (χ1n) is 7.40. The molecular formula is C14H29N3. The molecule has 3 nitrogen and oxygen atoms in total. The minimum atomic E-state index is 0.725. The van der Waals surface area contributed by atoms with Gasteiger partial charge in [0.05, 0.1) is 0 Å². The molecule has 0 aromatic carbocycles. The van der Waals surface area contributed by atoms with Crippen LogP contribution in [-0.4, -0.2) is 61.2 Å². The average molecular weight is 239 g/mol. The van der Waals surface area contributed by atoms with Crippen LogP contribution in [0, 0.1) is 0 Å². The molecule has 2 aliphatic rings. The van der Waals surface area contributed by atoms with Gasteiger partial charge in [-0.15, -0.1) is 0 Å². The van der Waals surface area contributed by atoms with Crippen LogP contribution in [0.5, 0.6) is 0 Å². The first-order chi connectivity index (χ1) is 8.22. The molecule has 1 N–H and O–H groups in total. The summed E-state index contributed by atoms with van der Waals surface area (Å²) in [6, 6.07) is 2.27. The number of rotatable bonds is 4. The molecule has 1 aliphatic heterocycles. The first kappa shape index (κ1) is 13.3. The summed E-state index contributed by atoms with van der Waals surface area (Å²) in [5, 5.41) is 3.76. The van der Waals surface area contributed by atoms with Gasteiger partial charge in [0.15, 0.2) is 0 Å². The van der Waals surface area contributed by atoms with Crippen LogP contribution in [-0.2, 0) is 0 Å². The Balaban J connectivity index is 1.91. The van der Waals surface area contributed by atoms with Gasteiger partial charge in [-0.3, -0.25) is 4.90 Å². The fourth-order valence-corrected chi connectivity index (χ4v) is 3.55. The molecule has 2 rings (SSSR count). The summed E-state index contributed by atoms with van der Waals surface area (Å²) in [7, 11) is 2.25. The van der Waals surface area contributed by atoms with Gasteiger partial charge in [0.1, 0.15) is 0 Å². The van der Waals surface area contributed by atoms with E-state index in [2.05, 4.69) is 36.0 Å². The van der Waals surface area contributed by atoms with Gasteiger partial charge in [-0.2, -0.15) is 0 Å². The molecule has 0 aromatic rings. The standard InChI is InChI=1S/C14H29N3/c1-4-8-15-13-6-5-7-14(13)17-10-9-16(3)11-12(17)2/h12-15H,4-11H2,1-3H3. The maximum absolute atomic E-state index is 3.76. The van der Waals surface area contributed by atoms with E-state index in [9.17, 15) is 0 Å². The third kappa shape index (κ3) is 3.21. The van der Waals surface area contributed by atoms with Gasteiger partial charge >= 0.3 is 0 Å². The third-order valence-electron chi connectivity index (χ3n) is 4.44. The molecule has 100 valence electrons. The smallest absolute Gasteiger partial charge is 0.0253 e. The van der Waals surface area contributed by atoms with E-state index in [1.807, 2.05) is 0 Å². The van der Waals surface area contributed by atoms with Crippen LogP contribution in [0.2, 0.25) is 0 Å². The maximum atomic E-state index is 3.76. The second-order valence-electron chi connectivity index (χ2n) is 5.91. The van der Waals surface area contributed by atoms with Gasteiger partial charge < -0.3 is 10.2 Å². The Kier molecular flexibility index (Phi) is 4.83. The number of nitrogens with zero attached hydrogens (tertiary/aromatic N) is 2. The topological polar surface area (TPSA) is 18.5 Å². The highest BCUT2D eigenvalue weighted by Gasteiger charge is 2.35. The van der Waals surface area contributed by atoms with E-state index in [4.69, 9.17) is 0 Å². The van der Waals surface area contributed by atoms with E-state index in [0.29, 0.717) is 0 Å². The van der Waals surface area contributed by atoms with Crippen molar-refractivity contribution in [3.8, 4) is 0 Å². The Bertz CT molecular complexity index is 232. The molecule has 1 saturated carbocycles. The molecule has 3 heteroatoms. The van der Waals surface area contributed by atoms with Crippen molar-refractivity contribution in [2.24, 2.45) is 0 Å². The summed E-state index contributed by atoms with van der Waals surface area (Å²) in [5.74, 6) is 0. The zero-order valence-electron chi connectivity index (χ0n) is 11.8. The third-order valence-corrected chi connectivity index (χ3v) is 4.44. The molecule has 17 heavy (non-hydrogen) atoms. The van der Waals surface area contributed by atoms with Crippen molar-refractivity contribution in [3.05, 3.63) is 0 Å². The highest BCUT2D eigenvalue weighted by molar-refractivity contribution is 4.94. The SMILES string of the molecule is CCCNC1CCCC1N1CCN(C)CC1C. The van der Waals surface area contributed by atoms with Crippen molar-refractivity contribution in [2.75, 3.05) is 33.2 Å². The summed E-state index contributed by atoms with van der Waals surface area (Å²) >= 11 is 0. The largest absolute Gasteiger partial charge is 0.312 e. The van der Waals surface area contributed by atoms with Crippen LogP contribution in [0.1, 0.15) is 39.5 Å². The van der Waals surface area contributed by atoms with Crippen LogP contribution in [0.4, 0.5) is 0 Å². The monoisotopic (exact) mass is 239 g/mol. The van der Waals surface area contributed by atoms with Gasteiger partial charge in [-0.05, 0) is 39.8 Å². The lowest BCUT2D eigenvalue weighted by Crippen LogP contribution is -2.58. The van der Waals surface area contributed by atoms with E-state index in [-0.39, 0.29) is 0 Å². The molecule has 0 aromatic heterocycles. The Morgan fingerprint density at radius 3 is 2.76 bits per heavy atom. The highest BCUT2D eigenvalue weighted by atomic mass is 15.3. The molecule has 0 radical (unpaired) electrons. The summed E-state index contributed by atoms with van der Waals surface area (Å²) < 4.78 is 0. The minimum absolute atomic E-state index is 0.725. The molecule has 0 spiro atoms. The maximum Gasteiger partial charge on any atom is 0.0253 e. The van der Waals surface area contributed by atoms with Crippen LogP contribution in [0.15, 0.2) is 0 Å². The fourth-order valence-electron chi connectivity index (χ4n) is 3.55. The summed E-state index contributed by atoms with van der Waals surface area (Å²) in [5.41, 5.74) is 0. The van der Waals surface area contributed by atoms with Gasteiger partial charge in [-0.25, -0.2) is 0 Å². The summed E-state index contributed by atoms with van der Waals surface area (Å²) in [6.07, 6.45) is 5.44. The lowest BCUT2D eigenvalue weighted by Gasteiger charge is -2.43. The molecule has 0 bridgehead atoms. The van der Waals surface area contributed by atoms with Gasteiger partial charge in [0.25, 0.3) is 0 Å². The van der Waals surface area contributed by atoms with Crippen molar-refractivity contribution >= 4 is 0 Å². The lowest BCUT2D eigenvalue weighted by molar-refractivity contribution is 0.0528. The number of hydrogen-bond acceptors (Lipinski definition) is 3. The van der Waals surface area contributed by atoms with Crippen LogP contribution >= 0.6 is 0 Å². The van der Waals surface area contributed by atoms with Gasteiger partial charge in [-0.1, -0.05) is 13.3 Å². The number of nitrogens with one attached hydrogen (secondary N) is 1. The van der Waals surface area contributed by atoms with Crippen molar-refractivity contribution in [1.29, 1.82) is 0 Å². The fraction of sp³-hybridized carbons (Fsp3) is 1.00. The van der Waals surface area contributed by atoms with Crippen molar-refractivity contribution in [3.63, 3.8) is 0 Å². The summed E-state index contributed by atoms with van der Waals surface area (Å²) in [4.78, 5) is 5.23. The Morgan fingerprint density at radius 2 is 2.06 bits per heavy atom. The summed E-state index contributed by atoms with van der Waals surface area (Å²) in [6.45, 7) is 9.56. The highest BCUT2D eigenvalue weighted by Crippen LogP contribution is 2.27. The number of likely N-dealkylation sites (N-methyl/N-ethyl adjacent to an activating group) is 1. The van der Waals surface area contributed by atoms with E-state index in [1.165, 1.54) is 51.9 Å². The Labute approximate surface area is 107 Å². The molecule has 2 fully saturated rings. The normalized spacial score (nSPS) is 36.5. The first-order valence-corrected chi connectivity index (χ1v) is 7.40. The molecule has 0 amide bonds. The minimum Gasteiger partial charge on any atom is -0.312 e. The zero-order valence-corrected chi connectivity index (χ0v) is 11.8. The molecule has 3 atom stereocenters. The van der Waals surface area contributed by atoms with E-state index in [1.54, 1.807) is 0 Å². The average Bonchev–Trinajstić information content (AvgIpc) is 2.74. The van der Waals surface area contributed by atoms with E-state index >= 15 is 0 Å². The van der Waals surface area contributed by atoms with E-state index in [0.717, 1.165) is 18.1 Å². The predicted molar refractivity (Wildman–Crippen MR) is 73.4 cm³/mol. The molecular weight excluding hydrogens is 210 g/mol. The number of hydrogen-bond donors (Lipinski definition) is 1. The van der Waals surface area contributed by atoms with E-state index < -0.39 is 0 Å². The number of piperazine rings is 1. The Morgan fingerprint density at radius 1 is 1.24 bits per heavy atom. The molecule has 1 heterocycles. The molecule has 1 saturated heterocycles. The van der Waals surface area contributed by atoms with Crippen LogP contribution in [0.3, 0.4) is 0 Å². The van der Waals surface area contributed by atoms with Crippen molar-refractivity contribution in [2.45, 2.75) is 57.7 Å². The molecule has 1 aliphatic carbocycles. The second-order valence-corrected chi connectivity index (χ2v) is 5.91. The van der Waals surface area contributed by atoms with Crippen LogP contribution < -0.4 is 5.32 Å². The molecule has 3 unspecified atom stereocenters. The van der Waals surface area contributed by atoms with Crippen molar-refractivity contribution in [1.82, 2.24) is 15.1 Å². The van der Waals surface area contributed by atoms with Crippen molar-refractivity contribution < 1.29 is 0 Å². The lowest BCUT2D eigenvalue weighted by atomic mass is 10.1.